The summed E-state index contributed by atoms with van der Waals surface area (Å²) in [6.45, 7) is 2.25. The Morgan fingerprint density at radius 2 is 2.36 bits per heavy atom. The molecule has 1 aliphatic carbocycles. The quantitative estimate of drug-likeness (QED) is 0.786. The van der Waals surface area contributed by atoms with Crippen LogP contribution in [0.5, 0.6) is 0 Å². The first-order valence-electron chi connectivity index (χ1n) is 7.09. The number of hydrogen-bond donors (Lipinski definition) is 2. The van der Waals surface area contributed by atoms with Crippen LogP contribution in [0.3, 0.4) is 0 Å². The molecule has 2 N–H and O–H groups in total. The van der Waals surface area contributed by atoms with E-state index in [-0.39, 0.29) is 17.5 Å². The van der Waals surface area contributed by atoms with Gasteiger partial charge in [-0.15, -0.1) is 0 Å². The molecule has 0 saturated heterocycles. The Labute approximate surface area is 137 Å². The van der Waals surface area contributed by atoms with Gasteiger partial charge in [-0.1, -0.05) is 5.16 Å². The van der Waals surface area contributed by atoms with Gasteiger partial charge in [0.15, 0.2) is 4.77 Å². The minimum Gasteiger partial charge on any atom is -0.355 e. The van der Waals surface area contributed by atoms with Gasteiger partial charge in [-0.2, -0.15) is 5.10 Å². The molecule has 0 aromatic carbocycles. The molecule has 0 bridgehead atoms. The zero-order valence-electron chi connectivity index (χ0n) is 12.1. The lowest BCUT2D eigenvalue weighted by atomic mass is 10.2. The molecule has 0 spiro atoms. The van der Waals surface area contributed by atoms with Crippen molar-refractivity contribution in [2.75, 3.05) is 6.54 Å². The molecule has 3 rings (SSSR count). The van der Waals surface area contributed by atoms with E-state index in [1.165, 1.54) is 0 Å². The van der Waals surface area contributed by atoms with Crippen molar-refractivity contribution in [1.82, 2.24) is 25.2 Å². The Balaban J connectivity index is 1.53. The average Bonchev–Trinajstić information content (AvgIpc) is 3.19. The molecule has 118 valence electrons. The van der Waals surface area contributed by atoms with Crippen LogP contribution in [0.1, 0.15) is 36.0 Å². The summed E-state index contributed by atoms with van der Waals surface area (Å²) in [7, 11) is 0. The van der Waals surface area contributed by atoms with Crippen LogP contribution in [0, 0.1) is 11.7 Å². The van der Waals surface area contributed by atoms with Crippen LogP contribution < -0.4 is 5.32 Å². The first kappa shape index (κ1) is 15.2. The maximum atomic E-state index is 11.9. The largest absolute Gasteiger partial charge is 0.355 e. The molecule has 7 nitrogen and oxygen atoms in total. The fourth-order valence-corrected chi connectivity index (χ4v) is 2.86. The van der Waals surface area contributed by atoms with E-state index >= 15 is 0 Å². The summed E-state index contributed by atoms with van der Waals surface area (Å²) in [5.74, 6) is 0.757. The Morgan fingerprint density at radius 1 is 1.59 bits per heavy atom. The Kier molecular flexibility index (Phi) is 4.30. The van der Waals surface area contributed by atoms with E-state index in [0.29, 0.717) is 35.0 Å². The second-order valence-corrected chi connectivity index (χ2v) is 6.07. The summed E-state index contributed by atoms with van der Waals surface area (Å²) in [5.41, 5.74) is 1.26. The van der Waals surface area contributed by atoms with Gasteiger partial charge in [-0.25, -0.2) is 0 Å². The standard InChI is InChI=1S/C13H16ClN5O2S/c1-7-9(12(14)21-18-7)6-11(20)15-5-4-10-16-17-13(22)19(10)8-2-3-8/h8H,2-6H2,1H3,(H,15,20)(H,17,22). The normalized spacial score (nSPS) is 14.3. The number of hydrogen-bond acceptors (Lipinski definition) is 5. The van der Waals surface area contributed by atoms with E-state index in [0.717, 1.165) is 18.7 Å². The zero-order chi connectivity index (χ0) is 15.7. The lowest BCUT2D eigenvalue weighted by Gasteiger charge is -2.06. The highest BCUT2D eigenvalue weighted by Crippen LogP contribution is 2.35. The number of carbonyl (C=O) groups is 1. The molecule has 1 fully saturated rings. The molecule has 2 aromatic heterocycles. The predicted molar refractivity (Wildman–Crippen MR) is 82.4 cm³/mol. The third-order valence-electron chi connectivity index (χ3n) is 3.63. The predicted octanol–water partition coefficient (Wildman–Crippen LogP) is 2.13. The molecule has 0 aliphatic heterocycles. The summed E-state index contributed by atoms with van der Waals surface area (Å²) in [6, 6.07) is 0.468. The van der Waals surface area contributed by atoms with Crippen molar-refractivity contribution < 1.29 is 9.32 Å². The van der Waals surface area contributed by atoms with Gasteiger partial charge in [0, 0.05) is 24.6 Å². The van der Waals surface area contributed by atoms with Crippen molar-refractivity contribution in [3.63, 3.8) is 0 Å². The summed E-state index contributed by atoms with van der Waals surface area (Å²) < 4.78 is 7.52. The summed E-state index contributed by atoms with van der Waals surface area (Å²) in [6.07, 6.45) is 3.06. The molecule has 2 heterocycles. The van der Waals surface area contributed by atoms with Crippen molar-refractivity contribution >= 4 is 29.7 Å². The van der Waals surface area contributed by atoms with Crippen molar-refractivity contribution in [2.24, 2.45) is 0 Å². The molecule has 1 amide bonds. The van der Waals surface area contributed by atoms with Gasteiger partial charge >= 0.3 is 0 Å². The van der Waals surface area contributed by atoms with E-state index in [9.17, 15) is 4.79 Å². The van der Waals surface area contributed by atoms with E-state index in [1.54, 1.807) is 6.92 Å². The summed E-state index contributed by atoms with van der Waals surface area (Å²) >= 11 is 11.1. The number of halogens is 1. The number of rotatable bonds is 6. The van der Waals surface area contributed by atoms with Crippen LogP contribution in [-0.4, -0.2) is 32.4 Å². The van der Waals surface area contributed by atoms with Gasteiger partial charge in [-0.3, -0.25) is 9.89 Å². The second-order valence-electron chi connectivity index (χ2n) is 5.34. The number of carbonyl (C=O) groups excluding carboxylic acids is 1. The van der Waals surface area contributed by atoms with Crippen molar-refractivity contribution in [2.45, 2.75) is 38.6 Å². The number of amides is 1. The Bertz CT molecular complexity index is 726. The molecule has 2 aromatic rings. The van der Waals surface area contributed by atoms with Crippen molar-refractivity contribution in [3.8, 4) is 0 Å². The number of H-pyrrole nitrogens is 1. The number of nitrogens with zero attached hydrogens (tertiary/aromatic N) is 3. The lowest BCUT2D eigenvalue weighted by Crippen LogP contribution is -2.28. The molecule has 1 saturated carbocycles. The van der Waals surface area contributed by atoms with E-state index in [1.807, 2.05) is 4.57 Å². The highest BCUT2D eigenvalue weighted by Gasteiger charge is 2.27. The van der Waals surface area contributed by atoms with Crippen LogP contribution >= 0.6 is 23.8 Å². The van der Waals surface area contributed by atoms with Gasteiger partial charge in [-0.05, 0) is 43.6 Å². The minimum absolute atomic E-state index is 0.125. The molecule has 0 unspecified atom stereocenters. The fraction of sp³-hybridized carbons (Fsp3) is 0.538. The number of aromatic amines is 1. The van der Waals surface area contributed by atoms with Crippen LogP contribution in [-0.2, 0) is 17.6 Å². The SMILES string of the molecule is Cc1noc(Cl)c1CC(=O)NCCc1n[nH]c(=S)n1C1CC1. The van der Waals surface area contributed by atoms with Crippen LogP contribution in [0.15, 0.2) is 4.52 Å². The van der Waals surface area contributed by atoms with E-state index in [2.05, 4.69) is 20.7 Å². The van der Waals surface area contributed by atoms with Gasteiger partial charge in [0.25, 0.3) is 0 Å². The zero-order valence-corrected chi connectivity index (χ0v) is 13.6. The highest BCUT2D eigenvalue weighted by atomic mass is 35.5. The lowest BCUT2D eigenvalue weighted by molar-refractivity contribution is -0.120. The van der Waals surface area contributed by atoms with Gasteiger partial charge in [0.1, 0.15) is 5.82 Å². The van der Waals surface area contributed by atoms with Gasteiger partial charge in [0.05, 0.1) is 12.1 Å². The maximum absolute atomic E-state index is 11.9. The summed E-state index contributed by atoms with van der Waals surface area (Å²) in [5, 5.41) is 13.8. The number of nitrogens with one attached hydrogen (secondary N) is 2. The molecule has 1 aliphatic rings. The topological polar surface area (TPSA) is 88.7 Å². The fourth-order valence-electron chi connectivity index (χ4n) is 2.32. The van der Waals surface area contributed by atoms with Crippen molar-refractivity contribution in [3.05, 3.63) is 27.1 Å². The van der Waals surface area contributed by atoms with Crippen LogP contribution in [0.4, 0.5) is 0 Å². The molecular weight excluding hydrogens is 326 g/mol. The monoisotopic (exact) mass is 341 g/mol. The Morgan fingerprint density at radius 3 is 3.00 bits per heavy atom. The van der Waals surface area contributed by atoms with E-state index < -0.39 is 0 Å². The average molecular weight is 342 g/mol. The first-order valence-corrected chi connectivity index (χ1v) is 7.88. The van der Waals surface area contributed by atoms with Crippen molar-refractivity contribution in [1.29, 1.82) is 0 Å². The molecule has 0 atom stereocenters. The first-order chi connectivity index (χ1) is 10.6. The third kappa shape index (κ3) is 3.22. The maximum Gasteiger partial charge on any atom is 0.229 e. The molecule has 22 heavy (non-hydrogen) atoms. The van der Waals surface area contributed by atoms with Crippen LogP contribution in [0.25, 0.3) is 0 Å². The third-order valence-corrected chi connectivity index (χ3v) is 4.22. The van der Waals surface area contributed by atoms with Crippen LogP contribution in [0.2, 0.25) is 5.22 Å². The number of aryl methyl sites for hydroxylation is 1. The molecule has 0 radical (unpaired) electrons. The molecular formula is C13H16ClN5O2S. The second kappa shape index (κ2) is 6.21. The number of aromatic nitrogens is 4. The van der Waals surface area contributed by atoms with Gasteiger partial charge < -0.3 is 14.4 Å². The smallest absolute Gasteiger partial charge is 0.229 e. The van der Waals surface area contributed by atoms with Gasteiger partial charge in [0.2, 0.25) is 11.1 Å². The summed E-state index contributed by atoms with van der Waals surface area (Å²) in [4.78, 5) is 11.9. The van der Waals surface area contributed by atoms with E-state index in [4.69, 9.17) is 28.3 Å². The highest BCUT2D eigenvalue weighted by molar-refractivity contribution is 7.71. The Hall–Kier alpha value is -1.67. The minimum atomic E-state index is -0.125. The molecule has 9 heteroatoms.